The molecule has 1 heteroatoms. The van der Waals surface area contributed by atoms with Gasteiger partial charge in [-0.1, -0.05) is 15.9 Å². The number of hydrogen-bond donors (Lipinski definition) is 0. The van der Waals surface area contributed by atoms with E-state index in [9.17, 15) is 0 Å². The van der Waals surface area contributed by atoms with Crippen LogP contribution in [0, 0.1) is 0 Å². The minimum absolute atomic E-state index is 1.73. The van der Waals surface area contributed by atoms with E-state index in [2.05, 4.69) is 15.9 Å². The molecule has 4 heavy (non-hydrogen) atoms. The lowest BCUT2D eigenvalue weighted by Gasteiger charge is -1.50. The maximum atomic E-state index is 7.02. The van der Waals surface area contributed by atoms with Crippen molar-refractivity contribution in [1.82, 2.24) is 0 Å². The molecule has 0 aromatic heterocycles. The Balaban J connectivity index is 2.91. The molecule has 0 radical (unpaired) electrons. The molecule has 1 aliphatic rings. The lowest BCUT2D eigenvalue weighted by atomic mass is 11.0. The van der Waals surface area contributed by atoms with Gasteiger partial charge in [-0.15, -0.1) is 0 Å². The molecule has 1 aliphatic carbocycles. The van der Waals surface area contributed by atoms with E-state index in [-0.39, 0.29) is 0 Å². The van der Waals surface area contributed by atoms with Crippen molar-refractivity contribution in [3.63, 3.8) is 0 Å². The number of halogens is 1. The zero-order valence-electron chi connectivity index (χ0n) is 6.88. The van der Waals surface area contributed by atoms with E-state index >= 15 is 0 Å². The van der Waals surface area contributed by atoms with Gasteiger partial charge in [0.1, 0.15) is 0 Å². The highest BCUT2D eigenvalue weighted by atomic mass is 79.9. The lowest BCUT2D eigenvalue weighted by Crippen LogP contribution is -1.42. The maximum absolute atomic E-state index is 7.02. The average Bonchev–Trinajstić information content (AvgIpc) is 1.84. The third-order valence-electron chi connectivity index (χ3n) is 0.219. The SMILES string of the molecule is [2H]C1([2H])C([2H])([2H])C1([2H])Br. The fourth-order valence-electron chi connectivity index (χ4n) is 0.0236. The number of alkyl halides is 1. The quantitative estimate of drug-likeness (QED) is 0.432. The Bertz CT molecular complexity index is 110. The Hall–Kier alpha value is 0.480. The lowest BCUT2D eigenvalue weighted by molar-refractivity contribution is 1.50. The fourth-order valence-corrected chi connectivity index (χ4v) is 0.123. The van der Waals surface area contributed by atoms with E-state index < -0.39 is 17.5 Å². The van der Waals surface area contributed by atoms with Gasteiger partial charge in [0.05, 0.1) is 0 Å². The maximum Gasteiger partial charge on any atom is 0.0423 e. The summed E-state index contributed by atoms with van der Waals surface area (Å²) in [5.74, 6) is 0. The topological polar surface area (TPSA) is 0 Å². The first-order chi connectivity index (χ1) is 3.75. The van der Waals surface area contributed by atoms with E-state index in [0.29, 0.717) is 0 Å². The molecule has 0 atom stereocenters. The molecule has 0 bridgehead atoms. The van der Waals surface area contributed by atoms with Gasteiger partial charge < -0.3 is 0 Å². The van der Waals surface area contributed by atoms with Crippen LogP contribution in [-0.4, -0.2) is 4.80 Å². The van der Waals surface area contributed by atoms with Crippen LogP contribution in [0.15, 0.2) is 0 Å². The summed E-state index contributed by atoms with van der Waals surface area (Å²) >= 11 is 2.65. The Morgan fingerprint density at radius 3 is 2.50 bits per heavy atom. The van der Waals surface area contributed by atoms with Crippen molar-refractivity contribution in [2.24, 2.45) is 0 Å². The summed E-state index contributed by atoms with van der Waals surface area (Å²) in [6, 6.07) is 0. The molecule has 0 aromatic rings. The van der Waals surface area contributed by atoms with E-state index in [1.54, 1.807) is 0 Å². The van der Waals surface area contributed by atoms with Crippen molar-refractivity contribution in [2.45, 2.75) is 17.5 Å². The minimum atomic E-state index is -2.04. The molecule has 1 fully saturated rings. The predicted octanol–water partition coefficient (Wildman–Crippen LogP) is 1.54. The number of hydrogen-bond acceptors (Lipinski definition) is 0. The van der Waals surface area contributed by atoms with Gasteiger partial charge >= 0.3 is 0 Å². The third kappa shape index (κ3) is 0.449. The van der Waals surface area contributed by atoms with Crippen molar-refractivity contribution in [1.29, 1.82) is 0 Å². The molecule has 24 valence electrons. The second kappa shape index (κ2) is 0.713. The molecule has 0 aromatic carbocycles. The van der Waals surface area contributed by atoms with Gasteiger partial charge in [0, 0.05) is 11.7 Å². The molecule has 0 nitrogen and oxygen atoms in total. The van der Waals surface area contributed by atoms with Crippen molar-refractivity contribution in [3.8, 4) is 0 Å². The standard InChI is InChI=1S/C3H5Br/c4-3-1-2-3/h3H,1-2H2/i1D2,2D2,3D. The normalized spacial score (nSPS) is 77.8. The monoisotopic (exact) mass is 125 g/mol. The summed E-state index contributed by atoms with van der Waals surface area (Å²) in [6.45, 7) is 0. The van der Waals surface area contributed by atoms with Crippen LogP contribution in [-0.2, 0) is 0 Å². The van der Waals surface area contributed by atoms with Gasteiger partial charge in [-0.05, 0) is 12.7 Å². The molecule has 0 spiro atoms. The number of rotatable bonds is 0. The van der Waals surface area contributed by atoms with Gasteiger partial charge in [0.2, 0.25) is 0 Å². The molecule has 1 saturated carbocycles. The molecular formula is C3H5Br. The second-order valence-corrected chi connectivity index (χ2v) is 1.36. The van der Waals surface area contributed by atoms with Gasteiger partial charge in [-0.2, -0.15) is 0 Å². The largest absolute Gasteiger partial charge is 0.0891 e. The fraction of sp³-hybridized carbons (Fsp3) is 1.00. The highest BCUT2D eigenvalue weighted by molar-refractivity contribution is 9.09. The van der Waals surface area contributed by atoms with E-state index in [1.807, 2.05) is 0 Å². The molecule has 0 N–H and O–H groups in total. The minimum Gasteiger partial charge on any atom is -0.0891 e. The zero-order valence-corrected chi connectivity index (χ0v) is 3.46. The van der Waals surface area contributed by atoms with Crippen LogP contribution in [0.5, 0.6) is 0 Å². The van der Waals surface area contributed by atoms with Gasteiger partial charge in [0.15, 0.2) is 0 Å². The van der Waals surface area contributed by atoms with Crippen LogP contribution in [0.25, 0.3) is 0 Å². The Labute approximate surface area is 41.4 Å². The second-order valence-electron chi connectivity index (χ2n) is 0.564. The van der Waals surface area contributed by atoms with Gasteiger partial charge in [-0.25, -0.2) is 0 Å². The summed E-state index contributed by atoms with van der Waals surface area (Å²) in [7, 11) is 0. The van der Waals surface area contributed by atoms with Crippen molar-refractivity contribution < 1.29 is 6.85 Å². The molecule has 0 heterocycles. The molecule has 0 unspecified atom stereocenters. The van der Waals surface area contributed by atoms with Crippen LogP contribution in [0.1, 0.15) is 19.6 Å². The summed E-state index contributed by atoms with van der Waals surface area (Å²) in [4.78, 5) is -1.73. The van der Waals surface area contributed by atoms with Crippen molar-refractivity contribution in [3.05, 3.63) is 0 Å². The van der Waals surface area contributed by atoms with Gasteiger partial charge in [-0.3, -0.25) is 0 Å². The molecule has 0 amide bonds. The van der Waals surface area contributed by atoms with Crippen LogP contribution in [0.3, 0.4) is 0 Å². The van der Waals surface area contributed by atoms with Crippen LogP contribution >= 0.6 is 15.9 Å². The van der Waals surface area contributed by atoms with Crippen molar-refractivity contribution in [2.75, 3.05) is 0 Å². The Morgan fingerprint density at radius 1 is 2.25 bits per heavy atom. The first kappa shape index (κ1) is 0.604. The molecule has 0 aliphatic heterocycles. The summed E-state index contributed by atoms with van der Waals surface area (Å²) in [5, 5.41) is 0. The summed E-state index contributed by atoms with van der Waals surface area (Å²) in [6.07, 6.45) is -4.08. The van der Waals surface area contributed by atoms with Crippen LogP contribution in [0.4, 0.5) is 0 Å². The Morgan fingerprint density at radius 2 is 2.50 bits per heavy atom. The van der Waals surface area contributed by atoms with E-state index in [0.717, 1.165) is 0 Å². The highest BCUT2D eigenvalue weighted by Crippen LogP contribution is 2.27. The first-order valence-electron chi connectivity index (χ1n) is 3.44. The van der Waals surface area contributed by atoms with Crippen LogP contribution in [0.2, 0.25) is 0 Å². The predicted molar refractivity (Wildman–Crippen MR) is 21.9 cm³/mol. The van der Waals surface area contributed by atoms with Gasteiger partial charge in [0.25, 0.3) is 0 Å². The Kier molecular flexibility index (Phi) is 0.108. The van der Waals surface area contributed by atoms with E-state index in [4.69, 9.17) is 6.85 Å². The molecule has 0 saturated heterocycles. The highest BCUT2D eigenvalue weighted by Gasteiger charge is 2.15. The van der Waals surface area contributed by atoms with Crippen molar-refractivity contribution >= 4 is 15.9 Å². The molecular weight excluding hydrogens is 116 g/mol. The summed E-state index contributed by atoms with van der Waals surface area (Å²) in [5.41, 5.74) is 0. The smallest absolute Gasteiger partial charge is 0.0423 e. The van der Waals surface area contributed by atoms with E-state index in [1.165, 1.54) is 0 Å². The van der Waals surface area contributed by atoms with Crippen LogP contribution < -0.4 is 0 Å². The molecule has 1 rings (SSSR count). The first-order valence-corrected chi connectivity index (χ1v) is 1.73. The average molecular weight is 126 g/mol. The zero-order chi connectivity index (χ0) is 7.50. The summed E-state index contributed by atoms with van der Waals surface area (Å²) < 4.78 is 34.7. The third-order valence-corrected chi connectivity index (χ3v) is 0.616.